The van der Waals surface area contributed by atoms with Gasteiger partial charge in [-0.1, -0.05) is 62.6 Å². The first-order valence-electron chi connectivity index (χ1n) is 14.9. The van der Waals surface area contributed by atoms with Crippen molar-refractivity contribution in [3.63, 3.8) is 0 Å². The summed E-state index contributed by atoms with van der Waals surface area (Å²) in [6.07, 6.45) is 8.96. The Morgan fingerprint density at radius 3 is 2.59 bits per heavy atom. The van der Waals surface area contributed by atoms with Gasteiger partial charge < -0.3 is 10.2 Å². The zero-order valence-corrected chi connectivity index (χ0v) is 26.2. The molecule has 3 heterocycles. The summed E-state index contributed by atoms with van der Waals surface area (Å²) < 4.78 is 17.4. The quantitative estimate of drug-likeness (QED) is 0.174. The first kappa shape index (κ1) is 31.1. The second kappa shape index (κ2) is 13.6. The maximum absolute atomic E-state index is 15.7. The number of rotatable bonds is 11. The molecule has 9 heteroatoms. The Morgan fingerprint density at radius 2 is 1.89 bits per heavy atom. The normalized spacial score (nSPS) is 14.1. The number of halogens is 2. The topological polar surface area (TPSA) is 80.1 Å². The minimum absolute atomic E-state index is 0.0120. The molecule has 2 amide bonds. The van der Waals surface area contributed by atoms with Crippen molar-refractivity contribution in [1.29, 1.82) is 0 Å². The van der Waals surface area contributed by atoms with Crippen LogP contribution in [0.4, 0.5) is 10.1 Å². The number of anilines is 1. The van der Waals surface area contributed by atoms with Gasteiger partial charge >= 0.3 is 0 Å². The molecule has 228 valence electrons. The number of nitrogens with zero attached hydrogens (tertiary/aromatic N) is 4. The van der Waals surface area contributed by atoms with Crippen LogP contribution in [0.25, 0.3) is 27.8 Å². The van der Waals surface area contributed by atoms with Crippen LogP contribution in [0.1, 0.15) is 62.5 Å². The lowest BCUT2D eigenvalue weighted by atomic mass is 9.89. The molecular formula is C35H37ClFN5O2. The lowest BCUT2D eigenvalue weighted by Gasteiger charge is -2.34. The number of nitrogens with one attached hydrogen (secondary N) is 1. The van der Waals surface area contributed by atoms with E-state index < -0.39 is 5.82 Å². The molecule has 1 aliphatic heterocycles. The Balaban J connectivity index is 1.52. The van der Waals surface area contributed by atoms with Crippen LogP contribution in [0.15, 0.2) is 67.0 Å². The van der Waals surface area contributed by atoms with E-state index in [1.165, 1.54) is 0 Å². The van der Waals surface area contributed by atoms with Gasteiger partial charge in [0.15, 0.2) is 0 Å². The minimum Gasteiger partial charge on any atom is -0.330 e. The van der Waals surface area contributed by atoms with Crippen LogP contribution >= 0.6 is 11.6 Å². The number of aromatic nitrogens is 3. The average Bonchev–Trinajstić information content (AvgIpc) is 3.34. The van der Waals surface area contributed by atoms with E-state index in [1.54, 1.807) is 29.1 Å². The molecule has 5 rings (SSSR count). The van der Waals surface area contributed by atoms with E-state index in [2.05, 4.69) is 24.3 Å². The largest absolute Gasteiger partial charge is 0.330 e. The maximum Gasteiger partial charge on any atom is 0.247 e. The van der Waals surface area contributed by atoms with E-state index in [1.807, 2.05) is 61.5 Å². The lowest BCUT2D eigenvalue weighted by molar-refractivity contribution is -0.129. The Kier molecular flexibility index (Phi) is 9.59. The third-order valence-corrected chi connectivity index (χ3v) is 8.42. The molecule has 1 unspecified atom stereocenters. The number of hydrogen-bond acceptors (Lipinski definition) is 4. The van der Waals surface area contributed by atoms with Crippen LogP contribution in [0, 0.1) is 18.7 Å². The standard InChI is InChI=1S/C35H37ClFN5O2/c1-22(2)8-7-11-32(31-18-24(14-16-38-31)26-9-5-6-10-30(26)39-21-43)42-17-15-25(19-33(42)44)34-27(12-13-29(36)35(34)37)28-20-41(4)40-23(28)3/h5-6,9-10,12-14,16,18-22,32H,7-8,11,15,17H2,1-4H3,(H,39,43). The summed E-state index contributed by atoms with van der Waals surface area (Å²) in [6.45, 7) is 6.66. The second-order valence-electron chi connectivity index (χ2n) is 11.7. The van der Waals surface area contributed by atoms with Gasteiger partial charge in [0.05, 0.1) is 22.5 Å². The molecule has 4 aromatic rings. The zero-order chi connectivity index (χ0) is 31.4. The first-order valence-corrected chi connectivity index (χ1v) is 15.3. The molecule has 0 spiro atoms. The molecule has 2 aromatic heterocycles. The van der Waals surface area contributed by atoms with E-state index in [0.29, 0.717) is 47.7 Å². The molecule has 1 N–H and O–H groups in total. The van der Waals surface area contributed by atoms with Gasteiger partial charge in [-0.25, -0.2) is 4.39 Å². The van der Waals surface area contributed by atoms with Crippen LogP contribution in [0.2, 0.25) is 5.02 Å². The highest BCUT2D eigenvalue weighted by molar-refractivity contribution is 6.31. The summed E-state index contributed by atoms with van der Waals surface area (Å²) in [6, 6.07) is 14.6. The molecule has 0 saturated carbocycles. The predicted octanol–water partition coefficient (Wildman–Crippen LogP) is 8.00. The van der Waals surface area contributed by atoms with Crippen molar-refractivity contribution in [3.8, 4) is 22.3 Å². The van der Waals surface area contributed by atoms with Crippen molar-refractivity contribution in [2.24, 2.45) is 13.0 Å². The second-order valence-corrected chi connectivity index (χ2v) is 12.1. The third-order valence-electron chi connectivity index (χ3n) is 8.13. The van der Waals surface area contributed by atoms with E-state index in [4.69, 9.17) is 16.6 Å². The summed E-state index contributed by atoms with van der Waals surface area (Å²) >= 11 is 6.26. The van der Waals surface area contributed by atoms with Gasteiger partial charge in [0.25, 0.3) is 0 Å². The summed E-state index contributed by atoms with van der Waals surface area (Å²) in [7, 11) is 1.82. The van der Waals surface area contributed by atoms with Crippen molar-refractivity contribution in [1.82, 2.24) is 19.7 Å². The van der Waals surface area contributed by atoms with Gasteiger partial charge in [-0.15, -0.1) is 0 Å². The fourth-order valence-electron chi connectivity index (χ4n) is 6.02. The third kappa shape index (κ3) is 6.60. The summed E-state index contributed by atoms with van der Waals surface area (Å²) in [4.78, 5) is 31.7. The van der Waals surface area contributed by atoms with Crippen molar-refractivity contribution in [2.75, 3.05) is 11.9 Å². The molecule has 44 heavy (non-hydrogen) atoms. The van der Waals surface area contributed by atoms with E-state index >= 15 is 4.39 Å². The maximum atomic E-state index is 15.7. The highest BCUT2D eigenvalue weighted by Gasteiger charge is 2.31. The summed E-state index contributed by atoms with van der Waals surface area (Å²) in [5, 5.41) is 7.22. The van der Waals surface area contributed by atoms with Crippen molar-refractivity contribution in [2.45, 2.75) is 52.5 Å². The van der Waals surface area contributed by atoms with E-state index in [-0.39, 0.29) is 17.0 Å². The van der Waals surface area contributed by atoms with Gasteiger partial charge in [-0.05, 0) is 66.6 Å². The molecule has 0 aliphatic carbocycles. The lowest BCUT2D eigenvalue weighted by Crippen LogP contribution is -2.38. The van der Waals surface area contributed by atoms with Crippen molar-refractivity contribution >= 4 is 35.2 Å². The highest BCUT2D eigenvalue weighted by atomic mass is 35.5. The molecule has 0 bridgehead atoms. The SMILES string of the molecule is Cc1nn(C)cc1-c1ccc(Cl)c(F)c1C1=CC(=O)N(C(CCCC(C)C)c2cc(-c3ccccc3NC=O)ccn2)CC1. The Labute approximate surface area is 262 Å². The Bertz CT molecular complexity index is 1710. The molecule has 7 nitrogen and oxygen atoms in total. The molecule has 1 aliphatic rings. The number of para-hydroxylation sites is 1. The van der Waals surface area contributed by atoms with Crippen molar-refractivity contribution in [3.05, 3.63) is 94.8 Å². The average molecular weight is 614 g/mol. The van der Waals surface area contributed by atoms with Gasteiger partial charge in [0.1, 0.15) is 5.82 Å². The molecule has 1 atom stereocenters. The van der Waals surface area contributed by atoms with Gasteiger partial charge in [0, 0.05) is 54.4 Å². The number of hydrogen-bond donors (Lipinski definition) is 1. The predicted molar refractivity (Wildman–Crippen MR) is 173 cm³/mol. The molecule has 2 aromatic carbocycles. The summed E-state index contributed by atoms with van der Waals surface area (Å²) in [5.41, 5.74) is 6.41. The van der Waals surface area contributed by atoms with Crippen molar-refractivity contribution < 1.29 is 14.0 Å². The van der Waals surface area contributed by atoms with Crippen LogP contribution in [-0.2, 0) is 16.6 Å². The number of aryl methyl sites for hydroxylation is 2. The van der Waals surface area contributed by atoms with Gasteiger partial charge in [-0.3, -0.25) is 19.3 Å². The number of amides is 2. The van der Waals surface area contributed by atoms with Crippen LogP contribution in [-0.4, -0.2) is 38.5 Å². The van der Waals surface area contributed by atoms with Gasteiger partial charge in [-0.2, -0.15) is 5.10 Å². The number of carbonyl (C=O) groups excluding carboxylic acids is 2. The van der Waals surface area contributed by atoms with Crippen LogP contribution in [0.5, 0.6) is 0 Å². The molecule has 0 radical (unpaired) electrons. The fourth-order valence-corrected chi connectivity index (χ4v) is 6.18. The van der Waals surface area contributed by atoms with Crippen LogP contribution in [0.3, 0.4) is 0 Å². The molecular weight excluding hydrogens is 577 g/mol. The fraction of sp³-hybridized carbons (Fsp3) is 0.314. The molecule has 0 saturated heterocycles. The van der Waals surface area contributed by atoms with Gasteiger partial charge in [0.2, 0.25) is 12.3 Å². The monoisotopic (exact) mass is 613 g/mol. The highest BCUT2D eigenvalue weighted by Crippen LogP contribution is 2.40. The number of carbonyl (C=O) groups is 2. The summed E-state index contributed by atoms with van der Waals surface area (Å²) in [5.74, 6) is -0.199. The van der Waals surface area contributed by atoms with E-state index in [0.717, 1.165) is 47.3 Å². The number of benzene rings is 2. The smallest absolute Gasteiger partial charge is 0.247 e. The Morgan fingerprint density at radius 1 is 1.09 bits per heavy atom. The number of pyridine rings is 1. The molecule has 0 fully saturated rings. The first-order chi connectivity index (χ1) is 21.2. The zero-order valence-electron chi connectivity index (χ0n) is 25.5. The Hall–Kier alpha value is -4.30. The van der Waals surface area contributed by atoms with E-state index in [9.17, 15) is 9.59 Å². The minimum atomic E-state index is -0.537. The van der Waals surface area contributed by atoms with Crippen LogP contribution < -0.4 is 5.32 Å².